The average Bonchev–Trinajstić information content (AvgIpc) is 3.25. The van der Waals surface area contributed by atoms with Crippen molar-refractivity contribution in [2.24, 2.45) is 0 Å². The number of nitrogens with one attached hydrogen (secondary N) is 1. The molecular weight excluding hydrogens is 332 g/mol. The number of nitrogens with zero attached hydrogens (tertiary/aromatic N) is 5. The monoisotopic (exact) mass is 352 g/mol. The number of pyridine rings is 1. The summed E-state index contributed by atoms with van der Waals surface area (Å²) in [7, 11) is 0. The fourth-order valence-electron chi connectivity index (χ4n) is 3.12. The van der Waals surface area contributed by atoms with Gasteiger partial charge in [0.25, 0.3) is 0 Å². The zero-order valence-electron chi connectivity index (χ0n) is 14.6. The zero-order valence-corrected chi connectivity index (χ0v) is 14.6. The van der Waals surface area contributed by atoms with Gasteiger partial charge in [0, 0.05) is 30.6 Å². The zero-order chi connectivity index (χ0) is 17.6. The number of aromatic nitrogens is 5. The molecule has 0 aromatic carbocycles. The van der Waals surface area contributed by atoms with Crippen LogP contribution in [0.25, 0.3) is 22.3 Å². The number of hydrogen-bond acceptors (Lipinski definition) is 7. The Morgan fingerprint density at radius 3 is 2.81 bits per heavy atom. The van der Waals surface area contributed by atoms with Crippen molar-refractivity contribution in [1.29, 1.82) is 0 Å². The van der Waals surface area contributed by atoms with E-state index in [0.29, 0.717) is 5.88 Å². The van der Waals surface area contributed by atoms with Gasteiger partial charge in [-0.05, 0) is 19.8 Å². The van der Waals surface area contributed by atoms with E-state index in [0.717, 1.165) is 67.3 Å². The third kappa shape index (κ3) is 2.86. The van der Waals surface area contributed by atoms with Crippen LogP contribution in [0.15, 0.2) is 24.7 Å². The summed E-state index contributed by atoms with van der Waals surface area (Å²) in [6.45, 7) is 5.20. The fraction of sp³-hybridized carbons (Fsp3) is 0.444. The molecule has 3 aromatic heterocycles. The molecule has 8 heteroatoms. The van der Waals surface area contributed by atoms with Crippen LogP contribution in [-0.4, -0.2) is 57.1 Å². The second kappa shape index (κ2) is 5.91. The quantitative estimate of drug-likeness (QED) is 0.770. The normalized spacial score (nSPS) is 18.9. The van der Waals surface area contributed by atoms with Crippen LogP contribution in [0.1, 0.15) is 19.8 Å². The van der Waals surface area contributed by atoms with Crippen molar-refractivity contribution in [3.63, 3.8) is 0 Å². The Kier molecular flexibility index (Phi) is 3.53. The van der Waals surface area contributed by atoms with Crippen LogP contribution in [0.3, 0.4) is 0 Å². The highest BCUT2D eigenvalue weighted by atomic mass is 16.5. The molecule has 0 amide bonds. The topological polar surface area (TPSA) is 89.0 Å². The maximum absolute atomic E-state index is 5.99. The summed E-state index contributed by atoms with van der Waals surface area (Å²) in [5.74, 6) is 1.52. The molecule has 0 bridgehead atoms. The minimum atomic E-state index is -0.0665. The van der Waals surface area contributed by atoms with Crippen molar-refractivity contribution in [3.05, 3.63) is 24.7 Å². The average molecular weight is 352 g/mol. The Labute approximate surface area is 150 Å². The van der Waals surface area contributed by atoms with E-state index in [-0.39, 0.29) is 5.60 Å². The summed E-state index contributed by atoms with van der Waals surface area (Å²) in [6.07, 6.45) is 5.49. The van der Waals surface area contributed by atoms with E-state index in [2.05, 4.69) is 37.0 Å². The maximum atomic E-state index is 5.99. The lowest BCUT2D eigenvalue weighted by atomic mass is 10.2. The molecule has 1 aliphatic carbocycles. The predicted molar refractivity (Wildman–Crippen MR) is 96.2 cm³/mol. The molecule has 5 rings (SSSR count). The Morgan fingerprint density at radius 2 is 2.00 bits per heavy atom. The first-order chi connectivity index (χ1) is 12.7. The van der Waals surface area contributed by atoms with Crippen LogP contribution < -0.4 is 9.64 Å². The van der Waals surface area contributed by atoms with E-state index in [4.69, 9.17) is 9.47 Å². The molecule has 134 valence electrons. The van der Waals surface area contributed by atoms with Crippen molar-refractivity contribution in [2.45, 2.75) is 25.4 Å². The van der Waals surface area contributed by atoms with Crippen LogP contribution in [0.4, 0.5) is 5.82 Å². The Bertz CT molecular complexity index is 946. The molecule has 0 atom stereocenters. The summed E-state index contributed by atoms with van der Waals surface area (Å²) >= 11 is 0. The maximum Gasteiger partial charge on any atom is 0.214 e. The van der Waals surface area contributed by atoms with Crippen LogP contribution in [0.2, 0.25) is 0 Å². The van der Waals surface area contributed by atoms with E-state index in [1.807, 2.05) is 12.1 Å². The lowest BCUT2D eigenvalue weighted by molar-refractivity contribution is 0.122. The van der Waals surface area contributed by atoms with Gasteiger partial charge in [-0.2, -0.15) is 5.10 Å². The fourth-order valence-corrected chi connectivity index (χ4v) is 3.12. The van der Waals surface area contributed by atoms with Crippen molar-refractivity contribution in [1.82, 2.24) is 25.1 Å². The Balaban J connectivity index is 1.50. The van der Waals surface area contributed by atoms with Gasteiger partial charge in [0.05, 0.1) is 30.6 Å². The molecule has 26 heavy (non-hydrogen) atoms. The number of hydrogen-bond donors (Lipinski definition) is 1. The van der Waals surface area contributed by atoms with Crippen molar-refractivity contribution in [2.75, 3.05) is 31.2 Å². The second-order valence-corrected chi connectivity index (χ2v) is 7.05. The molecule has 2 aliphatic rings. The molecule has 0 unspecified atom stereocenters. The molecule has 8 nitrogen and oxygen atoms in total. The van der Waals surface area contributed by atoms with Crippen molar-refractivity contribution < 1.29 is 9.47 Å². The highest BCUT2D eigenvalue weighted by molar-refractivity contribution is 5.92. The molecule has 1 saturated carbocycles. The predicted octanol–water partition coefficient (Wildman–Crippen LogP) is 2.18. The van der Waals surface area contributed by atoms with Gasteiger partial charge in [0.15, 0.2) is 0 Å². The third-order valence-corrected chi connectivity index (χ3v) is 4.96. The Morgan fingerprint density at radius 1 is 1.15 bits per heavy atom. The second-order valence-electron chi connectivity index (χ2n) is 7.05. The third-order valence-electron chi connectivity index (χ3n) is 4.96. The molecule has 0 spiro atoms. The Hall–Kier alpha value is -2.74. The number of ether oxygens (including phenoxy) is 2. The van der Waals surface area contributed by atoms with E-state index >= 15 is 0 Å². The largest absolute Gasteiger partial charge is 0.471 e. The van der Waals surface area contributed by atoms with E-state index in [9.17, 15) is 0 Å². The molecule has 0 radical (unpaired) electrons. The van der Waals surface area contributed by atoms with Gasteiger partial charge in [0.1, 0.15) is 23.4 Å². The van der Waals surface area contributed by atoms with Crippen LogP contribution in [0.5, 0.6) is 5.88 Å². The number of fused-ring (bicyclic) bond motifs is 1. The summed E-state index contributed by atoms with van der Waals surface area (Å²) < 4.78 is 11.4. The van der Waals surface area contributed by atoms with Crippen molar-refractivity contribution in [3.8, 4) is 17.3 Å². The molecule has 3 aromatic rings. The van der Waals surface area contributed by atoms with Crippen LogP contribution in [0, 0.1) is 0 Å². The van der Waals surface area contributed by atoms with Gasteiger partial charge in [-0.3, -0.25) is 5.10 Å². The van der Waals surface area contributed by atoms with Gasteiger partial charge in [-0.15, -0.1) is 0 Å². The molecule has 4 heterocycles. The van der Waals surface area contributed by atoms with Gasteiger partial charge in [-0.1, -0.05) is 0 Å². The lowest BCUT2D eigenvalue weighted by Gasteiger charge is -2.27. The summed E-state index contributed by atoms with van der Waals surface area (Å²) in [5.41, 5.74) is 2.36. The highest BCUT2D eigenvalue weighted by Crippen LogP contribution is 2.39. The minimum absolute atomic E-state index is 0.0665. The van der Waals surface area contributed by atoms with E-state index in [1.165, 1.54) is 0 Å². The summed E-state index contributed by atoms with van der Waals surface area (Å²) in [4.78, 5) is 15.4. The van der Waals surface area contributed by atoms with E-state index in [1.54, 1.807) is 12.5 Å². The first-order valence-corrected chi connectivity index (χ1v) is 8.88. The number of aromatic amines is 1. The minimum Gasteiger partial charge on any atom is -0.471 e. The number of morpholine rings is 1. The molecule has 2 fully saturated rings. The highest BCUT2D eigenvalue weighted by Gasteiger charge is 2.40. The van der Waals surface area contributed by atoms with Gasteiger partial charge in [-0.25, -0.2) is 15.0 Å². The van der Waals surface area contributed by atoms with Crippen LogP contribution in [-0.2, 0) is 4.74 Å². The smallest absolute Gasteiger partial charge is 0.214 e. The SMILES string of the molecule is CC1(Oc2cc3c(-c4cc(N5CCOCC5)ncn4)n[nH]c3cn2)CC1. The summed E-state index contributed by atoms with van der Waals surface area (Å²) in [6, 6.07) is 3.92. The molecular formula is C18H20N6O2. The molecule has 1 N–H and O–H groups in total. The number of anilines is 1. The first-order valence-electron chi connectivity index (χ1n) is 8.88. The van der Waals surface area contributed by atoms with Gasteiger partial charge < -0.3 is 14.4 Å². The van der Waals surface area contributed by atoms with Gasteiger partial charge in [0.2, 0.25) is 5.88 Å². The number of H-pyrrole nitrogens is 1. The standard InChI is InChI=1S/C18H20N6O2/c1-18(2-3-18)26-16-8-12-14(10-19-16)22-23-17(12)13-9-15(21-11-20-13)24-4-6-25-7-5-24/h8-11H,2-7H2,1H3,(H,22,23). The molecule has 1 aliphatic heterocycles. The lowest BCUT2D eigenvalue weighted by Crippen LogP contribution is -2.36. The van der Waals surface area contributed by atoms with Gasteiger partial charge >= 0.3 is 0 Å². The van der Waals surface area contributed by atoms with Crippen molar-refractivity contribution >= 4 is 16.7 Å². The van der Waals surface area contributed by atoms with E-state index < -0.39 is 0 Å². The summed E-state index contributed by atoms with van der Waals surface area (Å²) in [5, 5.41) is 8.43. The van der Waals surface area contributed by atoms with Crippen LogP contribution >= 0.6 is 0 Å². The first kappa shape index (κ1) is 15.5. The molecule has 1 saturated heterocycles. The number of rotatable bonds is 4.